The lowest BCUT2D eigenvalue weighted by atomic mass is 9.85. The van der Waals surface area contributed by atoms with Gasteiger partial charge in [-0.25, -0.2) is 15.4 Å². The van der Waals surface area contributed by atoms with Crippen LogP contribution in [0.4, 0.5) is 11.4 Å². The Labute approximate surface area is 168 Å². The Morgan fingerprint density at radius 1 is 1.15 bits per heavy atom. The molecule has 0 bridgehead atoms. The highest BCUT2D eigenvalue weighted by molar-refractivity contribution is 6.37. The molecule has 6 nitrogen and oxygen atoms in total. The average Bonchev–Trinajstić information content (AvgIpc) is 2.66. The number of hydrogen-bond acceptors (Lipinski definition) is 6. The Morgan fingerprint density at radius 2 is 1.89 bits per heavy atom. The number of nitrogens with two attached hydrogens (primary N) is 1. The van der Waals surface area contributed by atoms with Gasteiger partial charge in [-0.05, 0) is 30.5 Å². The Bertz CT molecular complexity index is 847. The predicted molar refractivity (Wildman–Crippen MR) is 111 cm³/mol. The van der Waals surface area contributed by atoms with E-state index in [0.717, 1.165) is 43.1 Å². The molecule has 2 aliphatic heterocycles. The molecule has 5 N–H and O–H groups in total. The van der Waals surface area contributed by atoms with Gasteiger partial charge in [0, 0.05) is 24.7 Å². The normalized spacial score (nSPS) is 18.6. The minimum Gasteiger partial charge on any atom is -0.370 e. The monoisotopic (exact) mass is 404 g/mol. The molecule has 4 rings (SSSR count). The number of nitrogens with zero attached hydrogens (tertiary/aromatic N) is 2. The van der Waals surface area contributed by atoms with Crippen LogP contribution in [0.15, 0.2) is 47.5 Å². The Hall–Kier alpha value is -1.83. The summed E-state index contributed by atoms with van der Waals surface area (Å²) in [5.74, 6) is 6.81. The number of rotatable bonds is 3. The van der Waals surface area contributed by atoms with Crippen LogP contribution in [0.25, 0.3) is 0 Å². The highest BCUT2D eigenvalue weighted by Crippen LogP contribution is 2.43. The molecule has 8 heteroatoms. The van der Waals surface area contributed by atoms with Crippen molar-refractivity contribution in [1.29, 1.82) is 0 Å². The number of piperidine rings is 1. The summed E-state index contributed by atoms with van der Waals surface area (Å²) < 4.78 is 0. The third kappa shape index (κ3) is 3.90. The van der Waals surface area contributed by atoms with E-state index in [1.807, 2.05) is 29.3 Å². The Kier molecular flexibility index (Phi) is 5.25. The van der Waals surface area contributed by atoms with Crippen molar-refractivity contribution in [3.05, 3.63) is 58.1 Å². The molecular formula is C19H22Cl2N6. The van der Waals surface area contributed by atoms with E-state index in [0.29, 0.717) is 16.6 Å². The topological polar surface area (TPSA) is 77.7 Å². The number of fused-ring (bicyclic) bond motifs is 1. The number of anilines is 1. The van der Waals surface area contributed by atoms with Crippen molar-refractivity contribution in [3.8, 4) is 0 Å². The van der Waals surface area contributed by atoms with Gasteiger partial charge < -0.3 is 10.7 Å². The van der Waals surface area contributed by atoms with Gasteiger partial charge in [0.2, 0.25) is 0 Å². The standard InChI is InChI=1S/C19H22Cl2N6/c20-14-10-15(21)17-16(11-14)24-18(19(25-17)6-8-27(22)9-7-19)26-23-12-13-4-2-1-3-5-13/h1-5,10-11,23,25H,6-9,12,22H2,(H,24,26). The Morgan fingerprint density at radius 3 is 2.63 bits per heavy atom. The lowest BCUT2D eigenvalue weighted by Crippen LogP contribution is -2.62. The molecule has 0 atom stereocenters. The molecule has 2 aromatic rings. The lowest BCUT2D eigenvalue weighted by Gasteiger charge is -2.44. The summed E-state index contributed by atoms with van der Waals surface area (Å²) in [5, 5.41) is 6.59. The summed E-state index contributed by atoms with van der Waals surface area (Å²) in [4.78, 5) is 4.85. The van der Waals surface area contributed by atoms with Crippen molar-refractivity contribution in [1.82, 2.24) is 15.9 Å². The summed E-state index contributed by atoms with van der Waals surface area (Å²) in [5.41, 5.74) is 9.00. The summed E-state index contributed by atoms with van der Waals surface area (Å²) in [6.45, 7) is 2.22. The van der Waals surface area contributed by atoms with Gasteiger partial charge in [-0.15, -0.1) is 0 Å². The molecule has 2 aliphatic rings. The second-order valence-corrected chi connectivity index (χ2v) is 7.79. The van der Waals surface area contributed by atoms with Crippen LogP contribution in [-0.2, 0) is 6.54 Å². The fourth-order valence-electron chi connectivity index (χ4n) is 3.54. The molecule has 0 amide bonds. The SMILES string of the molecule is NN1CCC2(CC1)Nc1c(Cl)cc(Cl)cc1N=C2NNCc1ccccc1. The van der Waals surface area contributed by atoms with Gasteiger partial charge in [-0.2, -0.15) is 0 Å². The molecule has 0 radical (unpaired) electrons. The number of nitrogens with one attached hydrogen (secondary N) is 3. The van der Waals surface area contributed by atoms with Crippen molar-refractivity contribution in [2.75, 3.05) is 18.4 Å². The average molecular weight is 405 g/mol. The maximum atomic E-state index is 6.42. The third-order valence-corrected chi connectivity index (χ3v) is 5.59. The zero-order chi connectivity index (χ0) is 18.9. The molecule has 0 aromatic heterocycles. The highest BCUT2D eigenvalue weighted by Gasteiger charge is 2.42. The fourth-order valence-corrected chi connectivity index (χ4v) is 4.07. The van der Waals surface area contributed by atoms with E-state index >= 15 is 0 Å². The third-order valence-electron chi connectivity index (χ3n) is 5.08. The number of benzene rings is 2. The number of aliphatic imine (C=N–C) groups is 1. The van der Waals surface area contributed by atoms with Crippen molar-refractivity contribution >= 4 is 40.4 Å². The molecular weight excluding hydrogens is 383 g/mol. The first-order valence-corrected chi connectivity index (χ1v) is 9.70. The van der Waals surface area contributed by atoms with E-state index in [1.165, 1.54) is 5.56 Å². The van der Waals surface area contributed by atoms with E-state index in [9.17, 15) is 0 Å². The van der Waals surface area contributed by atoms with E-state index < -0.39 is 0 Å². The van der Waals surface area contributed by atoms with Crippen LogP contribution in [-0.4, -0.2) is 29.5 Å². The first-order valence-electron chi connectivity index (χ1n) is 8.95. The van der Waals surface area contributed by atoms with Gasteiger partial charge in [0.15, 0.2) is 0 Å². The van der Waals surface area contributed by atoms with Crippen LogP contribution in [0.2, 0.25) is 10.0 Å². The first kappa shape index (κ1) is 18.5. The minimum atomic E-state index is -0.343. The first-order chi connectivity index (χ1) is 13.1. The molecule has 0 aliphatic carbocycles. The van der Waals surface area contributed by atoms with Crippen LogP contribution >= 0.6 is 23.2 Å². The zero-order valence-electron chi connectivity index (χ0n) is 14.8. The van der Waals surface area contributed by atoms with Gasteiger partial charge in [-0.1, -0.05) is 53.5 Å². The number of hydrazine groups is 2. The molecule has 2 heterocycles. The van der Waals surface area contributed by atoms with Crippen LogP contribution in [0, 0.1) is 0 Å². The van der Waals surface area contributed by atoms with Gasteiger partial charge in [0.25, 0.3) is 0 Å². The molecule has 2 aromatic carbocycles. The minimum absolute atomic E-state index is 0.343. The zero-order valence-corrected chi connectivity index (χ0v) is 16.3. The smallest absolute Gasteiger partial charge is 0.142 e. The van der Waals surface area contributed by atoms with Gasteiger partial charge in [0.1, 0.15) is 5.84 Å². The van der Waals surface area contributed by atoms with Crippen LogP contribution in [0.5, 0.6) is 0 Å². The number of hydrogen-bond donors (Lipinski definition) is 4. The maximum Gasteiger partial charge on any atom is 0.142 e. The fraction of sp³-hybridized carbons (Fsp3) is 0.316. The largest absolute Gasteiger partial charge is 0.370 e. The van der Waals surface area contributed by atoms with E-state index in [1.54, 1.807) is 6.07 Å². The maximum absolute atomic E-state index is 6.42. The van der Waals surface area contributed by atoms with Crippen LogP contribution in [0.3, 0.4) is 0 Å². The molecule has 0 saturated carbocycles. The van der Waals surface area contributed by atoms with E-state index in [-0.39, 0.29) is 5.54 Å². The van der Waals surface area contributed by atoms with Gasteiger partial charge in [0.05, 0.1) is 21.9 Å². The quantitative estimate of drug-likeness (QED) is 0.465. The summed E-state index contributed by atoms with van der Waals surface area (Å²) in [7, 11) is 0. The molecule has 27 heavy (non-hydrogen) atoms. The van der Waals surface area contributed by atoms with Crippen LogP contribution < -0.4 is 22.0 Å². The predicted octanol–water partition coefficient (Wildman–Crippen LogP) is 3.45. The summed E-state index contributed by atoms with van der Waals surface area (Å²) in [6.07, 6.45) is 1.64. The van der Waals surface area contributed by atoms with E-state index in [4.69, 9.17) is 34.0 Å². The van der Waals surface area contributed by atoms with Crippen LogP contribution in [0.1, 0.15) is 18.4 Å². The Balaban J connectivity index is 1.60. The molecule has 142 valence electrons. The van der Waals surface area contributed by atoms with Crippen molar-refractivity contribution < 1.29 is 0 Å². The molecule has 1 saturated heterocycles. The second-order valence-electron chi connectivity index (χ2n) is 6.95. The highest BCUT2D eigenvalue weighted by atomic mass is 35.5. The second kappa shape index (κ2) is 7.66. The summed E-state index contributed by atoms with van der Waals surface area (Å²) in [6, 6.07) is 13.8. The molecule has 0 unspecified atom stereocenters. The molecule has 1 spiro atoms. The van der Waals surface area contributed by atoms with Crippen molar-refractivity contribution in [3.63, 3.8) is 0 Å². The molecule has 1 fully saturated rings. The van der Waals surface area contributed by atoms with E-state index in [2.05, 4.69) is 28.3 Å². The summed E-state index contributed by atoms with van der Waals surface area (Å²) >= 11 is 12.6. The van der Waals surface area contributed by atoms with Gasteiger partial charge >= 0.3 is 0 Å². The lowest BCUT2D eigenvalue weighted by molar-refractivity contribution is 0.203. The van der Waals surface area contributed by atoms with Crippen molar-refractivity contribution in [2.24, 2.45) is 10.8 Å². The van der Waals surface area contributed by atoms with Gasteiger partial charge in [-0.3, -0.25) is 5.84 Å². The number of halogens is 2. The van der Waals surface area contributed by atoms with Crippen molar-refractivity contribution in [2.45, 2.75) is 24.9 Å². The number of amidine groups is 1.